The summed E-state index contributed by atoms with van der Waals surface area (Å²) in [6.07, 6.45) is 8.66. The van der Waals surface area contributed by atoms with Crippen molar-refractivity contribution in [3.63, 3.8) is 0 Å². The molecule has 6 aromatic rings. The number of carbonyl (C=O) groups is 2. The van der Waals surface area contributed by atoms with Crippen LogP contribution in [0.4, 0.5) is 17.6 Å². The normalized spacial score (nSPS) is 17.9. The molecule has 4 aromatic carbocycles. The number of ether oxygens (including phenoxy) is 2. The minimum absolute atomic E-state index is 0. The van der Waals surface area contributed by atoms with Gasteiger partial charge < -0.3 is 34.5 Å². The van der Waals surface area contributed by atoms with E-state index in [1.54, 1.807) is 60.6 Å². The first-order valence-corrected chi connectivity index (χ1v) is 25.2. The van der Waals surface area contributed by atoms with Crippen LogP contribution in [0.25, 0.3) is 0 Å². The van der Waals surface area contributed by atoms with Gasteiger partial charge in [-0.05, 0) is 172 Å². The molecule has 0 saturated carbocycles. The first kappa shape index (κ1) is 64.0. The second kappa shape index (κ2) is 30.0. The van der Waals surface area contributed by atoms with Crippen LogP contribution in [0.3, 0.4) is 0 Å². The summed E-state index contributed by atoms with van der Waals surface area (Å²) in [6, 6.07) is 33.8. The quantitative estimate of drug-likeness (QED) is 0.111. The lowest BCUT2D eigenvalue weighted by Crippen LogP contribution is -2.40. The van der Waals surface area contributed by atoms with Crippen molar-refractivity contribution in [2.45, 2.75) is 62.6 Å². The Morgan fingerprint density at radius 3 is 1.05 bits per heavy atom. The molecular formula is C58H68Cl4F4N6O5. The molecule has 2 saturated heterocycles. The second-order valence-electron chi connectivity index (χ2n) is 19.7. The number of rotatable bonds is 12. The predicted molar refractivity (Wildman–Crippen MR) is 301 cm³/mol. The fourth-order valence-corrected chi connectivity index (χ4v) is 11.0. The zero-order valence-corrected chi connectivity index (χ0v) is 46.3. The number of fused-ring (bicyclic) bond motifs is 2. The van der Waals surface area contributed by atoms with Crippen molar-refractivity contribution >= 4 is 61.4 Å². The molecule has 4 aliphatic heterocycles. The number of nitrogens with zero attached hydrogens (tertiary/aromatic N) is 6. The van der Waals surface area contributed by atoms with Crippen molar-refractivity contribution in [3.05, 3.63) is 190 Å². The third-order valence-electron chi connectivity index (χ3n) is 14.9. The smallest absolute Gasteiger partial charge is 0.259 e. The number of likely N-dealkylation sites (tertiary alicyclic amines) is 2. The molecule has 2 aromatic heterocycles. The minimum atomic E-state index is -0.252. The molecule has 416 valence electrons. The van der Waals surface area contributed by atoms with Crippen LogP contribution >= 0.6 is 49.6 Å². The van der Waals surface area contributed by atoms with E-state index >= 15 is 0 Å². The van der Waals surface area contributed by atoms with Crippen molar-refractivity contribution in [1.29, 1.82) is 0 Å². The molecule has 10 rings (SSSR count). The summed E-state index contributed by atoms with van der Waals surface area (Å²) in [5, 5.41) is 0. The molecule has 0 spiro atoms. The largest absolute Gasteiger partial charge is 0.472 e. The van der Waals surface area contributed by atoms with Crippen molar-refractivity contribution in [3.8, 4) is 11.8 Å². The molecular weight excluding hydrogens is 1080 g/mol. The van der Waals surface area contributed by atoms with Crippen molar-refractivity contribution in [2.75, 3.05) is 66.5 Å². The van der Waals surface area contributed by atoms with E-state index in [0.29, 0.717) is 47.8 Å². The van der Waals surface area contributed by atoms with Crippen LogP contribution < -0.4 is 9.47 Å². The summed E-state index contributed by atoms with van der Waals surface area (Å²) < 4.78 is 66.6. The van der Waals surface area contributed by atoms with Gasteiger partial charge >= 0.3 is 0 Å². The van der Waals surface area contributed by atoms with Crippen LogP contribution in [0.1, 0.15) is 93.3 Å². The molecule has 2 atom stereocenters. The SMILES string of the molecule is CN1CC(CCN2CCC(C(c3ccc(F)cc3)c3ccc(F)cc3)CC2)Oc2ncccc2C1=O.CN1CC(CCN2CCC(C(c3ccc(F)cc3)c3ccc(F)cc3)CC2)Oc2ncccc2C1=O.Cl.Cl.Cl.Cl.O. The summed E-state index contributed by atoms with van der Waals surface area (Å²) in [5.74, 6) is 0.653. The highest BCUT2D eigenvalue weighted by atomic mass is 35.5. The number of likely N-dealkylation sites (N-methyl/N-ethyl adjacent to an activating group) is 2. The number of halogens is 8. The maximum atomic E-state index is 13.6. The van der Waals surface area contributed by atoms with Gasteiger partial charge in [0.05, 0.1) is 13.1 Å². The van der Waals surface area contributed by atoms with Gasteiger partial charge in [0.15, 0.2) is 0 Å². The molecule has 6 heterocycles. The molecule has 11 nitrogen and oxygen atoms in total. The number of hydrogen-bond donors (Lipinski definition) is 0. The van der Waals surface area contributed by atoms with E-state index in [0.717, 1.165) is 100 Å². The van der Waals surface area contributed by atoms with Gasteiger partial charge in [-0.15, -0.1) is 49.6 Å². The standard InChI is InChI=1S/2C29H31F2N3O2.4ClH.H2O/c2*1-33-19-25(36-28-26(29(33)35)3-2-15-32-28)14-18-34-16-12-22(13-17-34)27(20-4-8-23(30)9-5-20)21-6-10-24(31)11-7-21;;;;;/h2*2-11,15,22,25,27H,12-14,16-19H2,1H3;4*1H;1H2. The highest BCUT2D eigenvalue weighted by Gasteiger charge is 2.34. The predicted octanol–water partition coefficient (Wildman–Crippen LogP) is 11.1. The molecule has 2 N–H and O–H groups in total. The Morgan fingerprint density at radius 1 is 0.481 bits per heavy atom. The summed E-state index contributed by atoms with van der Waals surface area (Å²) >= 11 is 0. The van der Waals surface area contributed by atoms with Crippen molar-refractivity contribution < 1.29 is 42.1 Å². The lowest BCUT2D eigenvalue weighted by molar-refractivity contribution is 0.0730. The van der Waals surface area contributed by atoms with E-state index in [1.165, 1.54) is 48.5 Å². The lowest BCUT2D eigenvalue weighted by Gasteiger charge is -2.37. The molecule has 2 amide bonds. The number of piperidine rings is 2. The summed E-state index contributed by atoms with van der Waals surface area (Å²) in [7, 11) is 3.61. The number of carbonyl (C=O) groups excluding carboxylic acids is 2. The van der Waals surface area contributed by atoms with Gasteiger partial charge in [0.2, 0.25) is 11.8 Å². The second-order valence-corrected chi connectivity index (χ2v) is 19.7. The molecule has 77 heavy (non-hydrogen) atoms. The molecule has 4 aliphatic rings. The van der Waals surface area contributed by atoms with E-state index in [1.807, 2.05) is 48.5 Å². The Hall–Kier alpha value is -5.52. The molecule has 2 fully saturated rings. The maximum absolute atomic E-state index is 13.6. The Kier molecular flexibility index (Phi) is 24.9. The average molecular weight is 1150 g/mol. The third-order valence-corrected chi connectivity index (χ3v) is 14.9. The van der Waals surface area contributed by atoms with Gasteiger partial charge in [-0.1, -0.05) is 48.5 Å². The zero-order valence-electron chi connectivity index (χ0n) is 43.0. The van der Waals surface area contributed by atoms with Gasteiger partial charge in [0, 0.05) is 51.4 Å². The molecule has 0 aliphatic carbocycles. The molecule has 19 heteroatoms. The number of pyridine rings is 2. The topological polar surface area (TPSA) is 123 Å². The summed E-state index contributed by atoms with van der Waals surface area (Å²) in [4.78, 5) is 42.1. The van der Waals surface area contributed by atoms with Crippen LogP contribution in [0, 0.1) is 35.1 Å². The summed E-state index contributed by atoms with van der Waals surface area (Å²) in [5.41, 5.74) is 5.27. The monoisotopic (exact) mass is 1140 g/mol. The maximum Gasteiger partial charge on any atom is 0.259 e. The number of benzene rings is 4. The van der Waals surface area contributed by atoms with E-state index < -0.39 is 0 Å². The zero-order chi connectivity index (χ0) is 50.1. The van der Waals surface area contributed by atoms with Crippen LogP contribution in [-0.4, -0.2) is 126 Å². The van der Waals surface area contributed by atoms with E-state index in [-0.39, 0.29) is 114 Å². The van der Waals surface area contributed by atoms with Gasteiger partial charge in [0.1, 0.15) is 46.6 Å². The molecule has 2 unspecified atom stereocenters. The highest BCUT2D eigenvalue weighted by molar-refractivity contribution is 5.97. The molecule has 0 radical (unpaired) electrons. The van der Waals surface area contributed by atoms with Gasteiger partial charge in [-0.25, -0.2) is 27.5 Å². The Bertz CT molecular complexity index is 2480. The van der Waals surface area contributed by atoms with E-state index in [9.17, 15) is 27.2 Å². The Balaban J connectivity index is 0.000000312. The van der Waals surface area contributed by atoms with Gasteiger partial charge in [-0.2, -0.15) is 0 Å². The third kappa shape index (κ3) is 16.3. The van der Waals surface area contributed by atoms with Crippen molar-refractivity contribution in [2.24, 2.45) is 11.8 Å². The fourth-order valence-electron chi connectivity index (χ4n) is 11.0. The number of amides is 2. The van der Waals surface area contributed by atoms with E-state index in [2.05, 4.69) is 19.8 Å². The van der Waals surface area contributed by atoms with Crippen molar-refractivity contribution in [1.82, 2.24) is 29.6 Å². The van der Waals surface area contributed by atoms with Crippen LogP contribution in [0.5, 0.6) is 11.8 Å². The van der Waals surface area contributed by atoms with Gasteiger partial charge in [-0.3, -0.25) is 9.59 Å². The van der Waals surface area contributed by atoms with Crippen LogP contribution in [0.2, 0.25) is 0 Å². The minimum Gasteiger partial charge on any atom is -0.472 e. The number of hydrogen-bond acceptors (Lipinski definition) is 8. The Labute approximate surface area is 473 Å². The average Bonchev–Trinajstić information content (AvgIpc) is 3.60. The highest BCUT2D eigenvalue weighted by Crippen LogP contribution is 2.40. The lowest BCUT2D eigenvalue weighted by atomic mass is 9.76. The van der Waals surface area contributed by atoms with E-state index in [4.69, 9.17) is 9.47 Å². The summed E-state index contributed by atoms with van der Waals surface area (Å²) in [6.45, 7) is 6.59. The first-order valence-electron chi connectivity index (χ1n) is 25.2. The fraction of sp³-hybridized carbons (Fsp3) is 0.379. The van der Waals surface area contributed by atoms with Gasteiger partial charge in [0.25, 0.3) is 11.8 Å². The molecule has 0 bridgehead atoms. The Morgan fingerprint density at radius 2 is 0.766 bits per heavy atom. The van der Waals surface area contributed by atoms with Crippen LogP contribution in [-0.2, 0) is 0 Å². The van der Waals surface area contributed by atoms with Crippen LogP contribution in [0.15, 0.2) is 134 Å². The number of aromatic nitrogens is 2. The first-order chi connectivity index (χ1) is 34.9.